The summed E-state index contributed by atoms with van der Waals surface area (Å²) in [5.74, 6) is 1.86. The van der Waals surface area contributed by atoms with Crippen molar-refractivity contribution in [3.8, 4) is 12.0 Å². The smallest absolute Gasteiger partial charge is 0.338 e. The number of ketones is 1. The minimum atomic E-state index is -4.14. The van der Waals surface area contributed by atoms with Gasteiger partial charge in [-0.25, -0.2) is 13.9 Å². The normalized spacial score (nSPS) is 13.9. The highest BCUT2D eigenvalue weighted by Gasteiger charge is 2.31. The number of Topliss-reactive ketones (excluding diaryl/α,β-unsaturated/α-hetero) is 1. The zero-order valence-electron chi connectivity index (χ0n) is 28.8. The van der Waals surface area contributed by atoms with Crippen LogP contribution >= 0.6 is 0 Å². The Morgan fingerprint density at radius 3 is 2.14 bits per heavy atom. The van der Waals surface area contributed by atoms with E-state index in [2.05, 4.69) is 10.5 Å². The van der Waals surface area contributed by atoms with Gasteiger partial charge in [0.2, 0.25) is 5.78 Å². The molecule has 51 heavy (non-hydrogen) atoms. The van der Waals surface area contributed by atoms with E-state index < -0.39 is 37.7 Å². The number of carbonyl (C=O) groups excluding carboxylic acids is 2. The van der Waals surface area contributed by atoms with Crippen molar-refractivity contribution in [2.75, 3.05) is 41.0 Å². The molecule has 0 fully saturated rings. The van der Waals surface area contributed by atoms with Gasteiger partial charge in [-0.05, 0) is 82.9 Å². The monoisotopic (exact) mass is 743 g/mol. The Hall–Kier alpha value is -4.69. The summed E-state index contributed by atoms with van der Waals surface area (Å²) in [7, 11) is -8.26. The zero-order valence-corrected chi connectivity index (χ0v) is 30.4. The minimum absolute atomic E-state index is 0.205. The molecule has 1 aromatic heterocycles. The van der Waals surface area contributed by atoms with Gasteiger partial charge >= 0.3 is 5.97 Å². The number of nitrogens with zero attached hydrogens (tertiary/aromatic N) is 4. The van der Waals surface area contributed by atoms with Gasteiger partial charge in [-0.3, -0.25) is 13.9 Å². The second kappa shape index (κ2) is 17.0. The summed E-state index contributed by atoms with van der Waals surface area (Å²) in [6, 6.07) is 10.4. The van der Waals surface area contributed by atoms with Gasteiger partial charge in [0.1, 0.15) is 11.9 Å². The van der Waals surface area contributed by atoms with Gasteiger partial charge in [-0.2, -0.15) is 16.8 Å². The number of benzene rings is 2. The molecule has 0 radical (unpaired) electrons. The Morgan fingerprint density at radius 1 is 0.863 bits per heavy atom. The lowest BCUT2D eigenvalue weighted by molar-refractivity contribution is -0.670. The molecule has 2 heterocycles. The predicted molar refractivity (Wildman–Crippen MR) is 193 cm³/mol. The van der Waals surface area contributed by atoms with Crippen molar-refractivity contribution in [3.05, 3.63) is 71.3 Å². The molecular weight excluding hydrogens is 701 g/mol. The number of aryl methyl sites for hydroxylation is 2. The first-order valence-corrected chi connectivity index (χ1v) is 19.8. The number of aliphatic hydroxyl groups is 1. The van der Waals surface area contributed by atoms with Crippen LogP contribution in [-0.2, 0) is 38.1 Å². The highest BCUT2D eigenvalue weighted by atomic mass is 32.2. The number of allylic oxidation sites excluding steroid dienone is 2. The summed E-state index contributed by atoms with van der Waals surface area (Å²) in [6.45, 7) is 7.78. The van der Waals surface area contributed by atoms with E-state index in [9.17, 15) is 35.5 Å². The molecule has 14 nitrogen and oxygen atoms in total. The lowest BCUT2D eigenvalue weighted by Crippen LogP contribution is -2.35. The van der Waals surface area contributed by atoms with Crippen LogP contribution in [0.1, 0.15) is 73.0 Å². The number of anilines is 2. The van der Waals surface area contributed by atoms with Gasteiger partial charge in [0.25, 0.3) is 26.1 Å². The molecule has 4 rings (SSSR count). The van der Waals surface area contributed by atoms with Crippen LogP contribution in [0.4, 0.5) is 11.4 Å². The number of hydrogen-bond donors (Lipinski definition) is 3. The maximum Gasteiger partial charge on any atom is 0.338 e. The molecule has 3 N–H and O–H groups in total. The van der Waals surface area contributed by atoms with Crippen molar-refractivity contribution in [1.82, 2.24) is 4.57 Å². The van der Waals surface area contributed by atoms with Crippen molar-refractivity contribution >= 4 is 60.5 Å². The number of fused-ring (bicyclic) bond motifs is 2. The van der Waals surface area contributed by atoms with Crippen LogP contribution in [-0.4, -0.2) is 78.6 Å². The molecule has 16 heteroatoms. The minimum Gasteiger partial charge on any atom is -0.462 e. The molecule has 0 saturated carbocycles. The third-order valence-electron chi connectivity index (χ3n) is 8.35. The van der Waals surface area contributed by atoms with Crippen LogP contribution in [0.15, 0.2) is 54.4 Å². The highest BCUT2D eigenvalue weighted by Crippen LogP contribution is 2.42. The third-order valence-corrected chi connectivity index (χ3v) is 9.96. The van der Waals surface area contributed by atoms with Gasteiger partial charge in [-0.15, -0.1) is 0 Å². The summed E-state index contributed by atoms with van der Waals surface area (Å²) in [6.07, 6.45) is 8.56. The van der Waals surface area contributed by atoms with E-state index in [0.717, 1.165) is 28.4 Å². The van der Waals surface area contributed by atoms with Gasteiger partial charge < -0.3 is 19.6 Å². The summed E-state index contributed by atoms with van der Waals surface area (Å²) in [4.78, 5) is 29.2. The molecule has 0 spiro atoms. The van der Waals surface area contributed by atoms with Crippen LogP contribution in [0.2, 0.25) is 0 Å². The molecular formula is C35H43N4O10S2+. The van der Waals surface area contributed by atoms with Gasteiger partial charge in [0, 0.05) is 36.7 Å². The Morgan fingerprint density at radius 2 is 1.53 bits per heavy atom. The number of ether oxygens (including phenoxy) is 1. The lowest BCUT2D eigenvalue weighted by atomic mass is 10.1. The largest absolute Gasteiger partial charge is 0.462 e. The lowest BCUT2D eigenvalue weighted by Gasteiger charge is -2.24. The van der Waals surface area contributed by atoms with Crippen LogP contribution in [0.25, 0.3) is 17.1 Å². The maximum atomic E-state index is 12.6. The third kappa shape index (κ3) is 9.76. The number of carbonyl (C=O) groups is 2. The number of rotatable bonds is 17. The standard InChI is InChI=1S/C35H42N4O10S2/c1-4-36-28-16-14-26(32(41)18-21-40)24-30(28)38(19-7-9-22-50(43,44)45)33(36)12-11-13-34-37(5-2)29-17-15-27(35(42)49-6-3)25-31(29)39(34)20-8-10-23-51(46,47)48/h11-17,24-25H,4-10,19-20,22-23H2,1-3H3,(H2-,40,41,43,44,45,46,47,48)/p+1. The van der Waals surface area contributed by atoms with E-state index in [1.54, 1.807) is 43.4 Å². The first kappa shape index (κ1) is 39.1. The van der Waals surface area contributed by atoms with Crippen LogP contribution in [0.5, 0.6) is 0 Å². The Bertz CT molecular complexity index is 2130. The summed E-state index contributed by atoms with van der Waals surface area (Å²) in [5.41, 5.74) is 3.74. The number of imidazole rings is 1. The second-order valence-corrected chi connectivity index (χ2v) is 14.9. The van der Waals surface area contributed by atoms with E-state index in [-0.39, 0.29) is 30.8 Å². The number of hydrogen-bond acceptors (Lipinski definition) is 10. The van der Waals surface area contributed by atoms with E-state index >= 15 is 0 Å². The molecule has 0 saturated heterocycles. The van der Waals surface area contributed by atoms with E-state index in [1.807, 2.05) is 52.5 Å². The summed E-state index contributed by atoms with van der Waals surface area (Å²) < 4.78 is 73.3. The highest BCUT2D eigenvalue weighted by molar-refractivity contribution is 7.86. The Labute approximate surface area is 298 Å². The Kier molecular flexibility index (Phi) is 13.0. The average molecular weight is 744 g/mol. The van der Waals surface area contributed by atoms with Crippen molar-refractivity contribution in [2.24, 2.45) is 0 Å². The van der Waals surface area contributed by atoms with E-state index in [1.165, 1.54) is 0 Å². The number of unbranched alkanes of at least 4 members (excludes halogenated alkanes) is 2. The topological polar surface area (TPSA) is 188 Å². The van der Waals surface area contributed by atoms with Crippen LogP contribution in [0, 0.1) is 12.0 Å². The number of aromatic nitrogens is 2. The molecule has 1 aliphatic rings. The second-order valence-electron chi connectivity index (χ2n) is 11.7. The molecule has 0 atom stereocenters. The SMILES string of the molecule is CCOC(=O)c1ccc2c(c1)n(CCCCS(=O)(=O)O)c(C=CC=C1N(CC)c3ccc(C(=O)C#CO)cc3N1CCCCS(=O)(=O)O)[n+]2CC. The van der Waals surface area contributed by atoms with E-state index in [4.69, 9.17) is 9.84 Å². The van der Waals surface area contributed by atoms with Gasteiger partial charge in [-0.1, -0.05) is 6.08 Å². The fourth-order valence-electron chi connectivity index (χ4n) is 6.15. The fourth-order valence-corrected chi connectivity index (χ4v) is 7.29. The van der Waals surface area contributed by atoms with Crippen molar-refractivity contribution in [2.45, 2.75) is 59.5 Å². The first-order chi connectivity index (χ1) is 24.2. The molecule has 2 aromatic carbocycles. The maximum absolute atomic E-state index is 12.6. The van der Waals surface area contributed by atoms with Crippen molar-refractivity contribution in [1.29, 1.82) is 0 Å². The van der Waals surface area contributed by atoms with Crippen molar-refractivity contribution in [3.63, 3.8) is 0 Å². The average Bonchev–Trinajstić information content (AvgIpc) is 3.54. The van der Waals surface area contributed by atoms with Crippen LogP contribution in [0.3, 0.4) is 0 Å². The molecule has 274 valence electrons. The first-order valence-electron chi connectivity index (χ1n) is 16.6. The fraction of sp³-hybridized carbons (Fsp3) is 0.400. The Balaban J connectivity index is 1.79. The molecule has 0 unspecified atom stereocenters. The summed E-state index contributed by atoms with van der Waals surface area (Å²) in [5, 5.41) is 8.98. The number of aliphatic hydroxyl groups excluding tert-OH is 1. The number of esters is 1. The summed E-state index contributed by atoms with van der Waals surface area (Å²) >= 11 is 0. The van der Waals surface area contributed by atoms with Gasteiger partial charge in [0.15, 0.2) is 11.0 Å². The molecule has 0 aliphatic carbocycles. The molecule has 1 aliphatic heterocycles. The molecule has 0 amide bonds. The zero-order chi connectivity index (χ0) is 37.3. The van der Waals surface area contributed by atoms with Crippen molar-refractivity contribution < 1.29 is 49.9 Å². The van der Waals surface area contributed by atoms with E-state index in [0.29, 0.717) is 50.3 Å². The van der Waals surface area contributed by atoms with Crippen LogP contribution < -0.4 is 14.4 Å². The van der Waals surface area contributed by atoms with Gasteiger partial charge in [0.05, 0.1) is 48.1 Å². The predicted octanol–water partition coefficient (Wildman–Crippen LogP) is 4.18. The quantitative estimate of drug-likeness (QED) is 0.0448. The molecule has 3 aromatic rings. The molecule has 0 bridgehead atoms.